The quantitative estimate of drug-likeness (QED) is 0.193. The van der Waals surface area contributed by atoms with Crippen molar-refractivity contribution in [2.24, 2.45) is 5.84 Å². The van der Waals surface area contributed by atoms with Crippen molar-refractivity contribution >= 4 is 17.6 Å². The molecule has 2 rings (SSSR count). The van der Waals surface area contributed by atoms with Crippen molar-refractivity contribution in [1.82, 2.24) is 10.3 Å². The maximum atomic E-state index is 13.7. The van der Waals surface area contributed by atoms with Crippen LogP contribution in [-0.4, -0.2) is 36.7 Å². The first kappa shape index (κ1) is 32.6. The van der Waals surface area contributed by atoms with Gasteiger partial charge in [0.2, 0.25) is 0 Å². The van der Waals surface area contributed by atoms with Gasteiger partial charge in [-0.15, -0.1) is 0 Å². The van der Waals surface area contributed by atoms with E-state index in [1.54, 1.807) is 19.1 Å². The average Bonchev–Trinajstić information content (AvgIpc) is 2.91. The third-order valence-electron chi connectivity index (χ3n) is 4.65. The van der Waals surface area contributed by atoms with Crippen LogP contribution in [-0.2, 0) is 9.53 Å². The van der Waals surface area contributed by atoms with Gasteiger partial charge in [-0.2, -0.15) is 13.2 Å². The number of hydrazine groups is 1. The fraction of sp³-hybridized carbons (Fsp3) is 0.423. The highest BCUT2D eigenvalue weighted by atomic mass is 19.4. The van der Waals surface area contributed by atoms with Crippen LogP contribution < -0.4 is 16.2 Å². The average molecular weight is 511 g/mol. The van der Waals surface area contributed by atoms with Crippen LogP contribution in [0.4, 0.5) is 18.9 Å². The van der Waals surface area contributed by atoms with Crippen molar-refractivity contribution < 1.29 is 27.5 Å². The predicted octanol–water partition coefficient (Wildman–Crippen LogP) is 5.75. The van der Waals surface area contributed by atoms with Crippen molar-refractivity contribution in [3.63, 3.8) is 0 Å². The van der Waals surface area contributed by atoms with E-state index in [0.29, 0.717) is 17.0 Å². The number of allylic oxidation sites excluding steroid dienone is 2. The Labute approximate surface area is 211 Å². The molecular formula is C26H37F3N4O3. The van der Waals surface area contributed by atoms with Crippen molar-refractivity contribution in [2.75, 3.05) is 18.7 Å². The fourth-order valence-electron chi connectivity index (χ4n) is 2.84. The van der Waals surface area contributed by atoms with Gasteiger partial charge >= 0.3 is 12.1 Å². The summed E-state index contributed by atoms with van der Waals surface area (Å²) in [7, 11) is 1.28. The summed E-state index contributed by atoms with van der Waals surface area (Å²) in [5.74, 6) is 4.43. The number of methoxy groups -OCH3 is 1. The van der Waals surface area contributed by atoms with E-state index >= 15 is 0 Å². The molecule has 3 N–H and O–H groups in total. The molecule has 10 heteroatoms. The third kappa shape index (κ3) is 10.9. The number of pyridine rings is 1. The number of ether oxygens (including phenoxy) is 1. The Morgan fingerprint density at radius 3 is 2.25 bits per heavy atom. The predicted molar refractivity (Wildman–Crippen MR) is 136 cm³/mol. The summed E-state index contributed by atoms with van der Waals surface area (Å²) in [6, 6.07) is 8.75. The number of rotatable bonds is 9. The lowest BCUT2D eigenvalue weighted by Crippen LogP contribution is -2.37. The second kappa shape index (κ2) is 17.1. The highest BCUT2D eigenvalue weighted by Gasteiger charge is 2.38. The molecule has 0 aliphatic rings. The van der Waals surface area contributed by atoms with Gasteiger partial charge in [-0.05, 0) is 48.4 Å². The van der Waals surface area contributed by atoms with Crippen molar-refractivity contribution in [3.05, 3.63) is 71.7 Å². The lowest BCUT2D eigenvalue weighted by Gasteiger charge is -2.25. The molecule has 1 unspecified atom stereocenters. The van der Waals surface area contributed by atoms with Gasteiger partial charge in [0, 0.05) is 36.8 Å². The van der Waals surface area contributed by atoms with Gasteiger partial charge in [0.1, 0.15) is 5.70 Å². The first-order chi connectivity index (χ1) is 17.1. The number of hydrogen-bond acceptors (Lipinski definition) is 6. The summed E-state index contributed by atoms with van der Waals surface area (Å²) in [5.41, 5.74) is -0.105. The summed E-state index contributed by atoms with van der Waals surface area (Å²) < 4.78 is 45.6. The first-order valence-corrected chi connectivity index (χ1v) is 11.8. The van der Waals surface area contributed by atoms with Crippen LogP contribution in [0, 0.1) is 0 Å². The highest BCUT2D eigenvalue weighted by Crippen LogP contribution is 2.33. The molecule has 0 radical (unpaired) electrons. The van der Waals surface area contributed by atoms with E-state index in [1.165, 1.54) is 43.8 Å². The van der Waals surface area contributed by atoms with E-state index in [0.717, 1.165) is 6.08 Å². The standard InChI is InChI=1S/C22H25F3N4O3.2C2H6/c1-15(17-5-3-11-27-14-17)13-19(22(23,24)25)29(26)18-9-7-16(8-10-18)21(31)28-12-4-6-20(30)32-2;2*1-2/h3,5,7-11,13-15H,4,6,12,26H2,1-2H3,(H,28,31);2*1-2H3/b19-13-;;. The van der Waals surface area contributed by atoms with E-state index < -0.39 is 23.7 Å². The summed E-state index contributed by atoms with van der Waals surface area (Å²) in [4.78, 5) is 27.2. The number of nitrogens with two attached hydrogens (primary N) is 1. The third-order valence-corrected chi connectivity index (χ3v) is 4.65. The van der Waals surface area contributed by atoms with E-state index in [-0.39, 0.29) is 30.2 Å². The molecule has 0 fully saturated rings. The Bertz CT molecular complexity index is 934. The number of alkyl halides is 3. The van der Waals surface area contributed by atoms with Crippen LogP contribution in [0.2, 0.25) is 0 Å². The maximum absolute atomic E-state index is 13.7. The van der Waals surface area contributed by atoms with E-state index in [9.17, 15) is 22.8 Å². The second-order valence-electron chi connectivity index (χ2n) is 6.98. The molecule has 0 aliphatic carbocycles. The minimum atomic E-state index is -4.69. The van der Waals surface area contributed by atoms with Crippen LogP contribution in [0.3, 0.4) is 0 Å². The molecular weight excluding hydrogens is 473 g/mol. The molecule has 1 aromatic heterocycles. The Morgan fingerprint density at radius 1 is 1.14 bits per heavy atom. The molecule has 1 amide bonds. The van der Waals surface area contributed by atoms with Gasteiger partial charge in [-0.25, -0.2) is 5.84 Å². The van der Waals surface area contributed by atoms with Crippen LogP contribution in [0.25, 0.3) is 0 Å². The van der Waals surface area contributed by atoms with Gasteiger partial charge in [0.15, 0.2) is 0 Å². The van der Waals surface area contributed by atoms with Gasteiger partial charge in [0.05, 0.1) is 12.8 Å². The van der Waals surface area contributed by atoms with Gasteiger partial charge in [-0.3, -0.25) is 19.6 Å². The number of halogens is 3. The maximum Gasteiger partial charge on any atom is 0.432 e. The lowest BCUT2D eigenvalue weighted by atomic mass is 10.0. The number of nitrogens with one attached hydrogen (secondary N) is 1. The van der Waals surface area contributed by atoms with Gasteiger partial charge < -0.3 is 10.1 Å². The van der Waals surface area contributed by atoms with Crippen LogP contribution >= 0.6 is 0 Å². The van der Waals surface area contributed by atoms with Crippen molar-refractivity contribution in [2.45, 2.75) is 59.6 Å². The minimum absolute atomic E-state index is 0.0641. The number of carbonyl (C=O) groups is 2. The summed E-state index contributed by atoms with van der Waals surface area (Å²) in [6.07, 6.45) is -0.0606. The summed E-state index contributed by atoms with van der Waals surface area (Å²) in [6.45, 7) is 9.87. The van der Waals surface area contributed by atoms with Gasteiger partial charge in [0.25, 0.3) is 5.91 Å². The van der Waals surface area contributed by atoms with E-state index in [1.807, 2.05) is 27.7 Å². The normalized spacial score (nSPS) is 11.7. The smallest absolute Gasteiger partial charge is 0.432 e. The molecule has 36 heavy (non-hydrogen) atoms. The summed E-state index contributed by atoms with van der Waals surface area (Å²) >= 11 is 0. The fourth-order valence-corrected chi connectivity index (χ4v) is 2.84. The molecule has 1 aromatic carbocycles. The molecule has 1 atom stereocenters. The highest BCUT2D eigenvalue weighted by molar-refractivity contribution is 5.94. The number of amides is 1. The Kier molecular flexibility index (Phi) is 15.5. The zero-order chi connectivity index (χ0) is 27.7. The molecule has 7 nitrogen and oxygen atoms in total. The number of carbonyl (C=O) groups excluding carboxylic acids is 2. The van der Waals surface area contributed by atoms with E-state index in [2.05, 4.69) is 15.0 Å². The Hall–Kier alpha value is -3.40. The number of esters is 1. The zero-order valence-electron chi connectivity index (χ0n) is 21.7. The molecule has 2 aromatic rings. The number of nitrogens with zero attached hydrogens (tertiary/aromatic N) is 2. The number of aromatic nitrogens is 1. The largest absolute Gasteiger partial charge is 0.469 e. The molecule has 0 saturated carbocycles. The Balaban J connectivity index is 0.00000291. The van der Waals surface area contributed by atoms with Crippen molar-refractivity contribution in [1.29, 1.82) is 0 Å². The lowest BCUT2D eigenvalue weighted by molar-refractivity contribution is -0.140. The molecule has 1 heterocycles. The zero-order valence-corrected chi connectivity index (χ0v) is 21.7. The minimum Gasteiger partial charge on any atom is -0.469 e. The first-order valence-electron chi connectivity index (χ1n) is 11.8. The van der Waals surface area contributed by atoms with Crippen LogP contribution in [0.15, 0.2) is 60.6 Å². The van der Waals surface area contributed by atoms with Crippen molar-refractivity contribution in [3.8, 4) is 0 Å². The number of benzene rings is 1. The topological polar surface area (TPSA) is 97.5 Å². The SMILES string of the molecule is CC.CC.COC(=O)CCCNC(=O)c1ccc(N(N)/C(=C\C(C)c2cccnc2)C(F)(F)F)cc1. The second-order valence-corrected chi connectivity index (χ2v) is 6.98. The van der Waals surface area contributed by atoms with E-state index in [4.69, 9.17) is 5.84 Å². The monoisotopic (exact) mass is 510 g/mol. The molecule has 0 aliphatic heterocycles. The molecule has 200 valence electrons. The van der Waals surface area contributed by atoms with Crippen LogP contribution in [0.5, 0.6) is 0 Å². The molecule has 0 bridgehead atoms. The number of hydrogen-bond donors (Lipinski definition) is 2. The number of anilines is 1. The van der Waals surface area contributed by atoms with Crippen LogP contribution in [0.1, 0.15) is 69.3 Å². The molecule has 0 saturated heterocycles. The Morgan fingerprint density at radius 2 is 1.75 bits per heavy atom. The summed E-state index contributed by atoms with van der Waals surface area (Å²) in [5, 5.41) is 3.18. The molecule has 0 spiro atoms. The van der Waals surface area contributed by atoms with Gasteiger partial charge in [-0.1, -0.05) is 40.7 Å².